The summed E-state index contributed by atoms with van der Waals surface area (Å²) in [6, 6.07) is 13.8. The molecule has 0 bridgehead atoms. The number of nitrogens with zero attached hydrogens (tertiary/aromatic N) is 4. The van der Waals surface area contributed by atoms with Crippen molar-refractivity contribution in [3.05, 3.63) is 64.6 Å². The summed E-state index contributed by atoms with van der Waals surface area (Å²) in [5.74, 6) is -2.00. The van der Waals surface area contributed by atoms with E-state index in [-0.39, 0.29) is 6.61 Å². The number of hydrogen-bond acceptors (Lipinski definition) is 5. The number of aryl methyl sites for hydroxylation is 1. The molecular weight excluding hydrogens is 350 g/mol. The SMILES string of the molecule is Cn1nnn(-c2cccc(SC(F)F)c2COc2ccccc2)c1=O. The monoisotopic (exact) mass is 364 g/mol. The summed E-state index contributed by atoms with van der Waals surface area (Å²) < 4.78 is 33.6. The van der Waals surface area contributed by atoms with Crippen molar-refractivity contribution in [3.8, 4) is 11.4 Å². The molecule has 1 aromatic heterocycles. The standard InChI is InChI=1S/C16H14F2N4O2S/c1-21-16(23)22(20-19-21)13-8-5-9-14(25-15(17)18)12(13)10-24-11-6-3-2-4-7-11/h2-9,15H,10H2,1H3. The van der Waals surface area contributed by atoms with Crippen LogP contribution in [0.15, 0.2) is 58.2 Å². The minimum absolute atomic E-state index is 0.0122. The molecule has 3 rings (SSSR count). The van der Waals surface area contributed by atoms with Crippen LogP contribution >= 0.6 is 11.8 Å². The highest BCUT2D eigenvalue weighted by Gasteiger charge is 2.18. The van der Waals surface area contributed by atoms with Crippen LogP contribution in [0.4, 0.5) is 8.78 Å². The summed E-state index contributed by atoms with van der Waals surface area (Å²) in [5.41, 5.74) is 0.332. The van der Waals surface area contributed by atoms with Gasteiger partial charge in [-0.25, -0.2) is 4.79 Å². The van der Waals surface area contributed by atoms with Gasteiger partial charge in [-0.15, -0.1) is 0 Å². The number of hydrogen-bond donors (Lipinski definition) is 0. The minimum Gasteiger partial charge on any atom is -0.489 e. The van der Waals surface area contributed by atoms with E-state index in [1.807, 2.05) is 18.2 Å². The van der Waals surface area contributed by atoms with Crippen LogP contribution in [0, 0.1) is 0 Å². The molecule has 0 N–H and O–H groups in total. The number of benzene rings is 2. The lowest BCUT2D eigenvalue weighted by Crippen LogP contribution is -2.23. The molecule has 25 heavy (non-hydrogen) atoms. The van der Waals surface area contributed by atoms with Crippen molar-refractivity contribution in [2.45, 2.75) is 17.3 Å². The van der Waals surface area contributed by atoms with Crippen LogP contribution in [-0.2, 0) is 13.7 Å². The quantitative estimate of drug-likeness (QED) is 0.630. The number of tetrazole rings is 1. The van der Waals surface area contributed by atoms with Crippen LogP contribution < -0.4 is 10.4 Å². The van der Waals surface area contributed by atoms with Gasteiger partial charge in [-0.1, -0.05) is 36.0 Å². The molecule has 0 atom stereocenters. The van der Waals surface area contributed by atoms with E-state index in [1.165, 1.54) is 7.05 Å². The zero-order chi connectivity index (χ0) is 17.8. The lowest BCUT2D eigenvalue weighted by atomic mass is 10.2. The van der Waals surface area contributed by atoms with Gasteiger partial charge < -0.3 is 4.74 Å². The average molecular weight is 364 g/mol. The van der Waals surface area contributed by atoms with Gasteiger partial charge >= 0.3 is 5.69 Å². The topological polar surface area (TPSA) is 61.9 Å². The zero-order valence-electron chi connectivity index (χ0n) is 13.2. The normalized spacial score (nSPS) is 11.0. The Balaban J connectivity index is 2.02. The fourth-order valence-electron chi connectivity index (χ4n) is 2.24. The fourth-order valence-corrected chi connectivity index (χ4v) is 2.90. The summed E-state index contributed by atoms with van der Waals surface area (Å²) in [5, 5.41) is 7.45. The molecule has 1 heterocycles. The molecule has 0 aliphatic heterocycles. The lowest BCUT2D eigenvalue weighted by Gasteiger charge is -2.14. The molecule has 2 aromatic carbocycles. The number of aromatic nitrogens is 4. The summed E-state index contributed by atoms with van der Waals surface area (Å²) >= 11 is 0.398. The highest BCUT2D eigenvalue weighted by Crippen LogP contribution is 2.32. The van der Waals surface area contributed by atoms with Crippen molar-refractivity contribution in [1.29, 1.82) is 0 Å². The fraction of sp³-hybridized carbons (Fsp3) is 0.188. The number of rotatable bonds is 6. The molecular formula is C16H14F2N4O2S. The van der Waals surface area contributed by atoms with Crippen LogP contribution in [0.1, 0.15) is 5.56 Å². The Labute approximate surface area is 146 Å². The first kappa shape index (κ1) is 17.2. The molecule has 0 aliphatic carbocycles. The van der Waals surface area contributed by atoms with Gasteiger partial charge in [-0.2, -0.15) is 18.1 Å². The van der Waals surface area contributed by atoms with E-state index < -0.39 is 11.4 Å². The lowest BCUT2D eigenvalue weighted by molar-refractivity contribution is 0.251. The van der Waals surface area contributed by atoms with E-state index in [4.69, 9.17) is 4.74 Å². The largest absolute Gasteiger partial charge is 0.489 e. The third-order valence-electron chi connectivity index (χ3n) is 3.40. The predicted octanol–water partition coefficient (Wildman–Crippen LogP) is 2.86. The molecule has 0 fully saturated rings. The number of para-hydroxylation sites is 1. The molecule has 9 heteroatoms. The van der Waals surface area contributed by atoms with Crippen LogP contribution in [0.25, 0.3) is 5.69 Å². The highest BCUT2D eigenvalue weighted by molar-refractivity contribution is 7.99. The molecule has 0 spiro atoms. The first-order chi connectivity index (χ1) is 12.1. The van der Waals surface area contributed by atoms with Gasteiger partial charge in [0.15, 0.2) is 0 Å². The molecule has 6 nitrogen and oxygen atoms in total. The number of alkyl halides is 2. The molecule has 130 valence electrons. The van der Waals surface area contributed by atoms with E-state index in [2.05, 4.69) is 10.4 Å². The summed E-state index contributed by atoms with van der Waals surface area (Å²) in [7, 11) is 1.46. The maximum Gasteiger partial charge on any atom is 0.368 e. The molecule has 0 amide bonds. The van der Waals surface area contributed by atoms with Gasteiger partial charge in [0.25, 0.3) is 5.76 Å². The summed E-state index contributed by atoms with van der Waals surface area (Å²) in [4.78, 5) is 12.5. The van der Waals surface area contributed by atoms with E-state index in [1.54, 1.807) is 30.3 Å². The molecule has 0 aliphatic rings. The Morgan fingerprint density at radius 1 is 1.12 bits per heavy atom. The average Bonchev–Trinajstić information content (AvgIpc) is 2.93. The van der Waals surface area contributed by atoms with Crippen molar-refractivity contribution >= 4 is 11.8 Å². The number of ether oxygens (including phenoxy) is 1. The van der Waals surface area contributed by atoms with Crippen molar-refractivity contribution in [2.75, 3.05) is 0 Å². The van der Waals surface area contributed by atoms with Crippen molar-refractivity contribution < 1.29 is 13.5 Å². The Bertz CT molecular complexity index is 912. The van der Waals surface area contributed by atoms with Crippen molar-refractivity contribution in [2.24, 2.45) is 7.05 Å². The van der Waals surface area contributed by atoms with Gasteiger partial charge in [-0.05, 0) is 34.7 Å². The van der Waals surface area contributed by atoms with E-state index >= 15 is 0 Å². The second kappa shape index (κ2) is 7.47. The third kappa shape index (κ3) is 3.87. The highest BCUT2D eigenvalue weighted by atomic mass is 32.2. The van der Waals surface area contributed by atoms with Crippen LogP contribution in [0.5, 0.6) is 5.75 Å². The van der Waals surface area contributed by atoms with Gasteiger partial charge in [0.05, 0.1) is 5.69 Å². The second-order valence-electron chi connectivity index (χ2n) is 5.03. The van der Waals surface area contributed by atoms with E-state index in [9.17, 15) is 13.6 Å². The molecule has 0 saturated heterocycles. The van der Waals surface area contributed by atoms with Crippen LogP contribution in [0.2, 0.25) is 0 Å². The molecule has 3 aromatic rings. The van der Waals surface area contributed by atoms with Gasteiger partial charge in [0, 0.05) is 17.5 Å². The first-order valence-corrected chi connectivity index (χ1v) is 8.18. The predicted molar refractivity (Wildman–Crippen MR) is 89.2 cm³/mol. The smallest absolute Gasteiger partial charge is 0.368 e. The van der Waals surface area contributed by atoms with Gasteiger partial charge in [0.2, 0.25) is 0 Å². The zero-order valence-corrected chi connectivity index (χ0v) is 14.0. The molecule has 0 radical (unpaired) electrons. The van der Waals surface area contributed by atoms with E-state index in [0.717, 1.165) is 9.36 Å². The summed E-state index contributed by atoms with van der Waals surface area (Å²) in [6.45, 7) is 0.0122. The minimum atomic E-state index is -2.59. The maximum absolute atomic E-state index is 12.9. The van der Waals surface area contributed by atoms with Gasteiger partial charge in [-0.3, -0.25) is 0 Å². The Morgan fingerprint density at radius 2 is 1.88 bits per heavy atom. The van der Waals surface area contributed by atoms with Crippen molar-refractivity contribution in [1.82, 2.24) is 19.8 Å². The summed E-state index contributed by atoms with van der Waals surface area (Å²) in [6.07, 6.45) is 0. The molecule has 0 unspecified atom stereocenters. The first-order valence-electron chi connectivity index (χ1n) is 7.30. The number of thioether (sulfide) groups is 1. The van der Waals surface area contributed by atoms with E-state index in [0.29, 0.717) is 33.7 Å². The Kier molecular flexibility index (Phi) is 5.13. The molecule has 0 saturated carbocycles. The number of halogens is 2. The van der Waals surface area contributed by atoms with Gasteiger partial charge in [0.1, 0.15) is 12.4 Å². The maximum atomic E-state index is 12.9. The van der Waals surface area contributed by atoms with Crippen molar-refractivity contribution in [3.63, 3.8) is 0 Å². The van der Waals surface area contributed by atoms with Crippen LogP contribution in [-0.4, -0.2) is 25.5 Å². The Hall–Kier alpha value is -2.68. The Morgan fingerprint density at radius 3 is 2.52 bits per heavy atom. The third-order valence-corrected chi connectivity index (χ3v) is 4.22. The van der Waals surface area contributed by atoms with Crippen LogP contribution in [0.3, 0.4) is 0 Å². The second-order valence-corrected chi connectivity index (χ2v) is 6.06.